The van der Waals surface area contributed by atoms with Crippen molar-refractivity contribution in [2.24, 2.45) is 5.92 Å². The van der Waals surface area contributed by atoms with Crippen LogP contribution in [0.4, 0.5) is 0 Å². The molecule has 118 valence electrons. The lowest BCUT2D eigenvalue weighted by Gasteiger charge is -2.36. The molecule has 0 bridgehead atoms. The number of nitrogens with zero attached hydrogens (tertiary/aromatic N) is 3. The summed E-state index contributed by atoms with van der Waals surface area (Å²) < 4.78 is 2.06. The minimum absolute atomic E-state index is 0.278. The molecule has 1 aromatic rings. The van der Waals surface area contributed by atoms with Gasteiger partial charge in [-0.15, -0.1) is 0 Å². The lowest BCUT2D eigenvalue weighted by molar-refractivity contribution is -0.138. The maximum absolute atomic E-state index is 10.9. The summed E-state index contributed by atoms with van der Waals surface area (Å²) in [6.07, 6.45) is 2.40. The average molecular weight is 293 g/mol. The third-order valence-electron chi connectivity index (χ3n) is 4.72. The number of hydrogen-bond acceptors (Lipinski definition) is 3. The highest BCUT2D eigenvalue weighted by Gasteiger charge is 2.28. The average Bonchev–Trinajstić information content (AvgIpc) is 2.72. The smallest absolute Gasteiger partial charge is 0.303 e. The quantitative estimate of drug-likeness (QED) is 0.907. The third kappa shape index (κ3) is 3.46. The SMILES string of the molecule is CCn1nc(C)c(C(C)N2CCCC(CC(=O)O)C2)c1C. The van der Waals surface area contributed by atoms with Crippen molar-refractivity contribution >= 4 is 5.97 Å². The largest absolute Gasteiger partial charge is 0.481 e. The molecule has 0 saturated carbocycles. The summed E-state index contributed by atoms with van der Waals surface area (Å²) in [4.78, 5) is 13.4. The van der Waals surface area contributed by atoms with Crippen LogP contribution >= 0.6 is 0 Å². The number of aryl methyl sites for hydroxylation is 2. The second kappa shape index (κ2) is 6.60. The van der Waals surface area contributed by atoms with E-state index in [2.05, 4.69) is 42.4 Å². The molecule has 2 rings (SSSR count). The molecule has 2 unspecified atom stereocenters. The van der Waals surface area contributed by atoms with Gasteiger partial charge < -0.3 is 5.11 Å². The van der Waals surface area contributed by atoms with E-state index >= 15 is 0 Å². The molecule has 0 radical (unpaired) electrons. The Bertz CT molecular complexity index is 510. The highest BCUT2D eigenvalue weighted by atomic mass is 16.4. The number of rotatable bonds is 5. The predicted octanol–water partition coefficient (Wildman–Crippen LogP) is 2.77. The Morgan fingerprint density at radius 3 is 2.76 bits per heavy atom. The van der Waals surface area contributed by atoms with Crippen LogP contribution in [0.5, 0.6) is 0 Å². The molecule has 5 heteroatoms. The van der Waals surface area contributed by atoms with E-state index in [1.807, 2.05) is 0 Å². The molecule has 1 aliphatic rings. The first-order chi connectivity index (χ1) is 9.93. The second-order valence-electron chi connectivity index (χ2n) is 6.18. The van der Waals surface area contributed by atoms with Gasteiger partial charge in [-0.05, 0) is 53.0 Å². The standard InChI is InChI=1S/C16H27N3O2/c1-5-19-13(4)16(11(2)17-19)12(3)18-8-6-7-14(10-18)9-15(20)21/h12,14H,5-10H2,1-4H3,(H,20,21). The van der Waals surface area contributed by atoms with E-state index in [4.69, 9.17) is 5.11 Å². The summed E-state index contributed by atoms with van der Waals surface area (Å²) in [5.41, 5.74) is 3.65. The lowest BCUT2D eigenvalue weighted by Crippen LogP contribution is -2.38. The third-order valence-corrected chi connectivity index (χ3v) is 4.72. The van der Waals surface area contributed by atoms with Crippen LogP contribution in [0, 0.1) is 19.8 Å². The minimum Gasteiger partial charge on any atom is -0.481 e. The molecule has 2 atom stereocenters. The molecule has 1 fully saturated rings. The zero-order valence-electron chi connectivity index (χ0n) is 13.6. The van der Waals surface area contributed by atoms with Gasteiger partial charge in [0.1, 0.15) is 0 Å². The van der Waals surface area contributed by atoms with Gasteiger partial charge in [0.25, 0.3) is 0 Å². The molecule has 1 aromatic heterocycles. The van der Waals surface area contributed by atoms with Crippen LogP contribution in [0.2, 0.25) is 0 Å². The zero-order valence-corrected chi connectivity index (χ0v) is 13.6. The highest BCUT2D eigenvalue weighted by Crippen LogP contribution is 2.31. The molecular formula is C16H27N3O2. The molecule has 21 heavy (non-hydrogen) atoms. The summed E-state index contributed by atoms with van der Waals surface area (Å²) >= 11 is 0. The van der Waals surface area contributed by atoms with Gasteiger partial charge in [-0.1, -0.05) is 0 Å². The lowest BCUT2D eigenvalue weighted by atomic mass is 9.92. The van der Waals surface area contributed by atoms with Crippen LogP contribution in [0.15, 0.2) is 0 Å². The summed E-state index contributed by atoms with van der Waals surface area (Å²) in [7, 11) is 0. The number of aliphatic carboxylic acids is 1. The number of aromatic nitrogens is 2. The topological polar surface area (TPSA) is 58.4 Å². The highest BCUT2D eigenvalue weighted by molar-refractivity contribution is 5.67. The van der Waals surface area contributed by atoms with Gasteiger partial charge in [0.05, 0.1) is 5.69 Å². The molecule has 0 aliphatic carbocycles. The van der Waals surface area contributed by atoms with Crippen molar-refractivity contribution in [1.82, 2.24) is 14.7 Å². The summed E-state index contributed by atoms with van der Waals surface area (Å²) in [6, 6.07) is 0.307. The van der Waals surface area contributed by atoms with Gasteiger partial charge in [0.2, 0.25) is 0 Å². The number of carboxylic acids is 1. The number of piperidine rings is 1. The van der Waals surface area contributed by atoms with Gasteiger partial charge in [0, 0.05) is 36.8 Å². The molecule has 1 N–H and O–H groups in total. The summed E-state index contributed by atoms with van der Waals surface area (Å²) in [6.45, 7) is 11.4. The van der Waals surface area contributed by atoms with Crippen LogP contribution in [-0.2, 0) is 11.3 Å². The number of likely N-dealkylation sites (tertiary alicyclic amines) is 1. The van der Waals surface area contributed by atoms with Crippen LogP contribution in [0.3, 0.4) is 0 Å². The first kappa shape index (κ1) is 16.0. The van der Waals surface area contributed by atoms with E-state index in [0.717, 1.165) is 38.2 Å². The molecule has 1 aliphatic heterocycles. The van der Waals surface area contributed by atoms with Crippen molar-refractivity contribution in [3.8, 4) is 0 Å². The first-order valence-corrected chi connectivity index (χ1v) is 7.93. The monoisotopic (exact) mass is 293 g/mol. The van der Waals surface area contributed by atoms with E-state index in [1.165, 1.54) is 11.3 Å². The van der Waals surface area contributed by atoms with E-state index < -0.39 is 5.97 Å². The fourth-order valence-electron chi connectivity index (χ4n) is 3.67. The Balaban J connectivity index is 2.14. The van der Waals surface area contributed by atoms with E-state index in [0.29, 0.717) is 6.04 Å². The van der Waals surface area contributed by atoms with Crippen LogP contribution < -0.4 is 0 Å². The zero-order chi connectivity index (χ0) is 15.6. The van der Waals surface area contributed by atoms with E-state index in [1.54, 1.807) is 0 Å². The predicted molar refractivity (Wildman–Crippen MR) is 82.3 cm³/mol. The molecule has 1 saturated heterocycles. The van der Waals surface area contributed by atoms with E-state index in [9.17, 15) is 4.79 Å². The molecular weight excluding hydrogens is 266 g/mol. The molecule has 2 heterocycles. The Hall–Kier alpha value is -1.36. The maximum Gasteiger partial charge on any atom is 0.303 e. The van der Waals surface area contributed by atoms with Gasteiger partial charge in [-0.2, -0.15) is 5.10 Å². The van der Waals surface area contributed by atoms with Crippen molar-refractivity contribution in [3.63, 3.8) is 0 Å². The Morgan fingerprint density at radius 2 is 2.19 bits per heavy atom. The van der Waals surface area contributed by atoms with Crippen LogP contribution in [-0.4, -0.2) is 38.8 Å². The number of carboxylic acid groups (broad SMARTS) is 1. The summed E-state index contributed by atoms with van der Waals surface area (Å²) in [5.74, 6) is -0.402. The summed E-state index contributed by atoms with van der Waals surface area (Å²) in [5, 5.41) is 13.6. The number of hydrogen-bond donors (Lipinski definition) is 1. The van der Waals surface area contributed by atoms with Crippen molar-refractivity contribution in [3.05, 3.63) is 17.0 Å². The van der Waals surface area contributed by atoms with Gasteiger partial charge in [-0.25, -0.2) is 0 Å². The molecule has 0 amide bonds. The fourth-order valence-corrected chi connectivity index (χ4v) is 3.67. The Kier molecular flexibility index (Phi) is 5.04. The Labute approximate surface area is 126 Å². The number of carbonyl (C=O) groups is 1. The van der Waals surface area contributed by atoms with Gasteiger partial charge >= 0.3 is 5.97 Å². The van der Waals surface area contributed by atoms with Crippen molar-refractivity contribution in [2.75, 3.05) is 13.1 Å². The van der Waals surface area contributed by atoms with Gasteiger partial charge in [-0.3, -0.25) is 14.4 Å². The van der Waals surface area contributed by atoms with E-state index in [-0.39, 0.29) is 12.3 Å². The second-order valence-corrected chi connectivity index (χ2v) is 6.18. The van der Waals surface area contributed by atoms with Crippen LogP contribution in [0.25, 0.3) is 0 Å². The van der Waals surface area contributed by atoms with Crippen molar-refractivity contribution in [1.29, 1.82) is 0 Å². The first-order valence-electron chi connectivity index (χ1n) is 7.93. The molecule has 0 spiro atoms. The maximum atomic E-state index is 10.9. The normalized spacial score (nSPS) is 21.4. The van der Waals surface area contributed by atoms with Crippen molar-refractivity contribution in [2.45, 2.75) is 59.5 Å². The van der Waals surface area contributed by atoms with Crippen LogP contribution in [0.1, 0.15) is 56.1 Å². The molecule has 5 nitrogen and oxygen atoms in total. The molecule has 0 aromatic carbocycles. The van der Waals surface area contributed by atoms with Crippen molar-refractivity contribution < 1.29 is 9.90 Å². The Morgan fingerprint density at radius 1 is 1.48 bits per heavy atom. The van der Waals surface area contributed by atoms with Gasteiger partial charge in [0.15, 0.2) is 0 Å². The fraction of sp³-hybridized carbons (Fsp3) is 0.750. The minimum atomic E-state index is -0.680.